The minimum absolute atomic E-state index is 0.136. The van der Waals surface area contributed by atoms with Gasteiger partial charge in [-0.2, -0.15) is 0 Å². The SMILES string of the molecule is CC(C)(C(=O)c1ccc2oc3ccccc3c2c1)N1CCOCC1. The predicted octanol–water partition coefficient (Wildman–Crippen LogP) is 3.88. The topological polar surface area (TPSA) is 42.7 Å². The van der Waals surface area contributed by atoms with E-state index in [0.29, 0.717) is 13.2 Å². The molecule has 1 fully saturated rings. The molecule has 1 aromatic heterocycles. The van der Waals surface area contributed by atoms with E-state index in [-0.39, 0.29) is 5.78 Å². The van der Waals surface area contributed by atoms with E-state index in [1.807, 2.05) is 56.3 Å². The Balaban J connectivity index is 1.75. The summed E-state index contributed by atoms with van der Waals surface area (Å²) in [5.74, 6) is 0.136. The first-order chi connectivity index (χ1) is 11.6. The molecule has 0 bridgehead atoms. The molecule has 1 aliphatic rings. The van der Waals surface area contributed by atoms with Crippen LogP contribution in [0.25, 0.3) is 21.9 Å². The Kier molecular flexibility index (Phi) is 3.66. The van der Waals surface area contributed by atoms with Crippen LogP contribution in [0.1, 0.15) is 24.2 Å². The van der Waals surface area contributed by atoms with Gasteiger partial charge in [-0.3, -0.25) is 9.69 Å². The number of benzene rings is 2. The summed E-state index contributed by atoms with van der Waals surface area (Å²) in [7, 11) is 0. The van der Waals surface area contributed by atoms with Gasteiger partial charge in [-0.1, -0.05) is 18.2 Å². The van der Waals surface area contributed by atoms with Crippen molar-refractivity contribution in [1.29, 1.82) is 0 Å². The van der Waals surface area contributed by atoms with Crippen molar-refractivity contribution in [3.05, 3.63) is 48.0 Å². The molecule has 0 atom stereocenters. The molecule has 0 unspecified atom stereocenters. The van der Waals surface area contributed by atoms with E-state index in [1.54, 1.807) is 0 Å². The molecule has 0 saturated carbocycles. The van der Waals surface area contributed by atoms with Crippen molar-refractivity contribution < 1.29 is 13.9 Å². The number of nitrogens with zero attached hydrogens (tertiary/aromatic N) is 1. The second kappa shape index (κ2) is 5.72. The number of rotatable bonds is 3. The number of ether oxygens (including phenoxy) is 1. The fourth-order valence-electron chi connectivity index (χ4n) is 3.49. The van der Waals surface area contributed by atoms with Crippen LogP contribution in [0.2, 0.25) is 0 Å². The Morgan fingerprint density at radius 2 is 1.71 bits per heavy atom. The van der Waals surface area contributed by atoms with Crippen LogP contribution in [0.15, 0.2) is 46.9 Å². The van der Waals surface area contributed by atoms with Gasteiger partial charge in [0.25, 0.3) is 0 Å². The summed E-state index contributed by atoms with van der Waals surface area (Å²) in [4.78, 5) is 15.4. The number of furan rings is 1. The number of para-hydroxylation sites is 1. The molecule has 2 heterocycles. The number of morpholine rings is 1. The molecule has 3 aromatic rings. The van der Waals surface area contributed by atoms with Gasteiger partial charge in [0.05, 0.1) is 18.8 Å². The zero-order valence-corrected chi connectivity index (χ0v) is 14.0. The third-order valence-corrected chi connectivity index (χ3v) is 5.00. The molecule has 24 heavy (non-hydrogen) atoms. The van der Waals surface area contributed by atoms with Crippen molar-refractivity contribution in [1.82, 2.24) is 4.90 Å². The van der Waals surface area contributed by atoms with Crippen LogP contribution >= 0.6 is 0 Å². The summed E-state index contributed by atoms with van der Waals surface area (Å²) in [6, 6.07) is 13.7. The maximum Gasteiger partial charge on any atom is 0.182 e. The van der Waals surface area contributed by atoms with E-state index in [4.69, 9.17) is 9.15 Å². The number of carbonyl (C=O) groups is 1. The van der Waals surface area contributed by atoms with Gasteiger partial charge in [0.2, 0.25) is 0 Å². The van der Waals surface area contributed by atoms with E-state index in [1.165, 1.54) is 0 Å². The van der Waals surface area contributed by atoms with Crippen molar-refractivity contribution in [2.45, 2.75) is 19.4 Å². The fraction of sp³-hybridized carbons (Fsp3) is 0.350. The van der Waals surface area contributed by atoms with Gasteiger partial charge in [0.1, 0.15) is 11.2 Å². The monoisotopic (exact) mass is 323 g/mol. The second-order valence-electron chi connectivity index (χ2n) is 6.80. The summed E-state index contributed by atoms with van der Waals surface area (Å²) in [5.41, 5.74) is 1.85. The van der Waals surface area contributed by atoms with Crippen LogP contribution in [0.4, 0.5) is 0 Å². The number of ketones is 1. The molecular weight excluding hydrogens is 302 g/mol. The maximum absolute atomic E-state index is 13.2. The van der Waals surface area contributed by atoms with Crippen LogP contribution in [0.5, 0.6) is 0 Å². The Morgan fingerprint density at radius 1 is 1.00 bits per heavy atom. The summed E-state index contributed by atoms with van der Waals surface area (Å²) in [6.07, 6.45) is 0. The largest absolute Gasteiger partial charge is 0.456 e. The van der Waals surface area contributed by atoms with Gasteiger partial charge in [0, 0.05) is 29.4 Å². The van der Waals surface area contributed by atoms with Gasteiger partial charge in [-0.15, -0.1) is 0 Å². The first-order valence-electron chi connectivity index (χ1n) is 8.36. The minimum Gasteiger partial charge on any atom is -0.456 e. The highest BCUT2D eigenvalue weighted by Crippen LogP contribution is 2.31. The first-order valence-corrected chi connectivity index (χ1v) is 8.36. The third kappa shape index (κ3) is 2.43. The summed E-state index contributed by atoms with van der Waals surface area (Å²) < 4.78 is 11.3. The highest BCUT2D eigenvalue weighted by molar-refractivity contribution is 6.10. The second-order valence-corrected chi connectivity index (χ2v) is 6.80. The molecule has 124 valence electrons. The molecule has 0 amide bonds. The van der Waals surface area contributed by atoms with Crippen molar-refractivity contribution in [2.24, 2.45) is 0 Å². The van der Waals surface area contributed by atoms with Crippen molar-refractivity contribution in [3.63, 3.8) is 0 Å². The first kappa shape index (κ1) is 15.4. The lowest BCUT2D eigenvalue weighted by Crippen LogP contribution is -2.54. The van der Waals surface area contributed by atoms with Gasteiger partial charge in [0.15, 0.2) is 5.78 Å². The number of hydrogen-bond acceptors (Lipinski definition) is 4. The van der Waals surface area contributed by atoms with Gasteiger partial charge >= 0.3 is 0 Å². The van der Waals surface area contributed by atoms with Crippen molar-refractivity contribution in [3.8, 4) is 0 Å². The van der Waals surface area contributed by atoms with Crippen LogP contribution in [0.3, 0.4) is 0 Å². The number of fused-ring (bicyclic) bond motifs is 3. The molecule has 4 heteroatoms. The Hall–Kier alpha value is -2.17. The highest BCUT2D eigenvalue weighted by atomic mass is 16.5. The minimum atomic E-state index is -0.545. The predicted molar refractivity (Wildman–Crippen MR) is 94.5 cm³/mol. The number of Topliss-reactive ketones (excluding diaryl/α,β-unsaturated/α-hetero) is 1. The molecule has 4 rings (SSSR count). The van der Waals surface area contributed by atoms with E-state index in [0.717, 1.165) is 40.6 Å². The lowest BCUT2D eigenvalue weighted by Gasteiger charge is -2.39. The average molecular weight is 323 g/mol. The lowest BCUT2D eigenvalue weighted by atomic mass is 9.90. The molecule has 0 radical (unpaired) electrons. The van der Waals surface area contributed by atoms with Gasteiger partial charge < -0.3 is 9.15 Å². The molecule has 0 spiro atoms. The standard InChI is InChI=1S/C20H21NO3/c1-20(2,21-9-11-23-12-10-21)19(22)14-7-8-18-16(13-14)15-5-3-4-6-17(15)24-18/h3-8,13H,9-12H2,1-2H3. The normalized spacial score (nSPS) is 16.8. The molecule has 4 nitrogen and oxygen atoms in total. The summed E-state index contributed by atoms with van der Waals surface area (Å²) in [6.45, 7) is 6.94. The van der Waals surface area contributed by atoms with E-state index < -0.39 is 5.54 Å². The average Bonchev–Trinajstić information content (AvgIpc) is 2.99. The Bertz CT molecular complexity index is 904. The quantitative estimate of drug-likeness (QED) is 0.686. The smallest absolute Gasteiger partial charge is 0.182 e. The van der Waals surface area contributed by atoms with Crippen LogP contribution in [-0.2, 0) is 4.74 Å². The Labute approximate surface area is 141 Å². The van der Waals surface area contributed by atoms with Gasteiger partial charge in [-0.05, 0) is 38.1 Å². The lowest BCUT2D eigenvalue weighted by molar-refractivity contribution is -0.00429. The van der Waals surface area contributed by atoms with Gasteiger partial charge in [-0.25, -0.2) is 0 Å². The molecular formula is C20H21NO3. The Morgan fingerprint density at radius 3 is 2.50 bits per heavy atom. The van der Waals surface area contributed by atoms with Crippen LogP contribution < -0.4 is 0 Å². The number of carbonyl (C=O) groups excluding carboxylic acids is 1. The van der Waals surface area contributed by atoms with Crippen molar-refractivity contribution >= 4 is 27.7 Å². The van der Waals surface area contributed by atoms with Crippen LogP contribution in [-0.4, -0.2) is 42.5 Å². The highest BCUT2D eigenvalue weighted by Gasteiger charge is 2.36. The molecule has 1 aliphatic heterocycles. The maximum atomic E-state index is 13.2. The third-order valence-electron chi connectivity index (χ3n) is 5.00. The van der Waals surface area contributed by atoms with Crippen molar-refractivity contribution in [2.75, 3.05) is 26.3 Å². The fourth-order valence-corrected chi connectivity index (χ4v) is 3.49. The van der Waals surface area contributed by atoms with E-state index in [2.05, 4.69) is 4.90 Å². The zero-order valence-electron chi connectivity index (χ0n) is 14.0. The van der Waals surface area contributed by atoms with E-state index >= 15 is 0 Å². The molecule has 2 aromatic carbocycles. The number of hydrogen-bond donors (Lipinski definition) is 0. The summed E-state index contributed by atoms with van der Waals surface area (Å²) in [5, 5.41) is 2.04. The molecule has 1 saturated heterocycles. The zero-order chi connectivity index (χ0) is 16.7. The summed E-state index contributed by atoms with van der Waals surface area (Å²) >= 11 is 0. The molecule has 0 N–H and O–H groups in total. The van der Waals surface area contributed by atoms with Crippen LogP contribution in [0, 0.1) is 0 Å². The molecule has 0 aliphatic carbocycles. The van der Waals surface area contributed by atoms with E-state index in [9.17, 15) is 4.79 Å².